The number of hydrogen-bond acceptors (Lipinski definition) is 3. The van der Waals surface area contributed by atoms with Gasteiger partial charge in [0, 0.05) is 12.5 Å². The zero-order chi connectivity index (χ0) is 19.5. The number of carbonyl (C=O) groups excluding carboxylic acids is 1. The number of amides is 1. The maximum Gasteiger partial charge on any atom is 0.257 e. The molecule has 4 rings (SSSR count). The summed E-state index contributed by atoms with van der Waals surface area (Å²) in [5.41, 5.74) is 2.84. The smallest absolute Gasteiger partial charge is 0.257 e. The van der Waals surface area contributed by atoms with E-state index in [0.29, 0.717) is 19.0 Å². The molecule has 2 aliphatic rings. The van der Waals surface area contributed by atoms with E-state index in [2.05, 4.69) is 11.8 Å². The molecule has 1 fully saturated rings. The van der Waals surface area contributed by atoms with E-state index in [1.54, 1.807) is 17.1 Å². The van der Waals surface area contributed by atoms with Gasteiger partial charge in [-0.05, 0) is 49.6 Å². The fraction of sp³-hybridized carbons (Fsp3) is 0.391. The van der Waals surface area contributed by atoms with Crippen LogP contribution in [-0.2, 0) is 4.79 Å². The summed E-state index contributed by atoms with van der Waals surface area (Å²) in [6.45, 7) is 3.52. The Morgan fingerprint density at radius 2 is 1.86 bits per heavy atom. The summed E-state index contributed by atoms with van der Waals surface area (Å²) in [5.74, 6) is -0.264. The predicted octanol–water partition coefficient (Wildman–Crippen LogP) is 4.38. The Balaban J connectivity index is 1.60. The first-order chi connectivity index (χ1) is 13.6. The largest absolute Gasteiger partial charge is 0.292 e. The Morgan fingerprint density at radius 1 is 1.11 bits per heavy atom. The monoisotopic (exact) mass is 379 g/mol. The van der Waals surface area contributed by atoms with Crippen LogP contribution in [0.2, 0.25) is 0 Å². The molecular formula is C23H26FN3O. The Labute approximate surface area is 165 Å². The number of rotatable bonds is 4. The van der Waals surface area contributed by atoms with Crippen LogP contribution >= 0.6 is 0 Å². The molecular weight excluding hydrogens is 353 g/mol. The summed E-state index contributed by atoms with van der Waals surface area (Å²) >= 11 is 0. The summed E-state index contributed by atoms with van der Waals surface area (Å²) < 4.78 is 13.4. The highest BCUT2D eigenvalue weighted by Gasteiger charge is 2.34. The van der Waals surface area contributed by atoms with Crippen molar-refractivity contribution in [2.75, 3.05) is 13.1 Å². The molecule has 146 valence electrons. The minimum absolute atomic E-state index is 0.00834. The number of carbonyl (C=O) groups is 1. The first kappa shape index (κ1) is 18.8. The molecule has 4 nitrogen and oxygen atoms in total. The Hall–Kier alpha value is -2.53. The van der Waals surface area contributed by atoms with Gasteiger partial charge in [0.15, 0.2) is 0 Å². The number of benzene rings is 2. The standard InChI is InChI=1S/C23H26FN3O/c1-17-7-5-6-14-26(17)16-23(28)27-22(19-10-12-20(24)13-11-19)15-21(25-27)18-8-3-2-4-9-18/h2-4,8-13,17,22H,5-7,14-16H2,1H3. The van der Waals surface area contributed by atoms with E-state index in [-0.39, 0.29) is 17.8 Å². The number of halogens is 1. The summed E-state index contributed by atoms with van der Waals surface area (Å²) in [5, 5.41) is 6.33. The summed E-state index contributed by atoms with van der Waals surface area (Å²) in [4.78, 5) is 15.4. The van der Waals surface area contributed by atoms with Crippen LogP contribution in [0.25, 0.3) is 0 Å². The number of nitrogens with zero attached hydrogens (tertiary/aromatic N) is 3. The van der Waals surface area contributed by atoms with Crippen LogP contribution in [0.3, 0.4) is 0 Å². The summed E-state index contributed by atoms with van der Waals surface area (Å²) in [6.07, 6.45) is 4.13. The van der Waals surface area contributed by atoms with Gasteiger partial charge in [0.25, 0.3) is 5.91 Å². The van der Waals surface area contributed by atoms with Crippen molar-refractivity contribution in [2.24, 2.45) is 5.10 Å². The SMILES string of the molecule is CC1CCCCN1CC(=O)N1N=C(c2ccccc2)CC1c1ccc(F)cc1. The molecule has 2 heterocycles. The number of hydrazone groups is 1. The van der Waals surface area contributed by atoms with Crippen LogP contribution in [0.15, 0.2) is 59.7 Å². The highest BCUT2D eigenvalue weighted by atomic mass is 19.1. The van der Waals surface area contributed by atoms with E-state index < -0.39 is 0 Å². The van der Waals surface area contributed by atoms with Gasteiger partial charge in [-0.2, -0.15) is 5.10 Å². The third-order valence-corrected chi connectivity index (χ3v) is 5.81. The molecule has 5 heteroatoms. The van der Waals surface area contributed by atoms with Crippen LogP contribution in [0.5, 0.6) is 0 Å². The lowest BCUT2D eigenvalue weighted by atomic mass is 9.98. The average molecular weight is 379 g/mol. The first-order valence-electron chi connectivity index (χ1n) is 10.1. The lowest BCUT2D eigenvalue weighted by Crippen LogP contribution is -2.44. The topological polar surface area (TPSA) is 35.9 Å². The molecule has 2 aromatic carbocycles. The molecule has 0 N–H and O–H groups in total. The van der Waals surface area contributed by atoms with Crippen molar-refractivity contribution in [3.05, 3.63) is 71.5 Å². The highest BCUT2D eigenvalue weighted by Crippen LogP contribution is 2.33. The normalized spacial score (nSPS) is 22.9. The highest BCUT2D eigenvalue weighted by molar-refractivity contribution is 6.03. The Bertz CT molecular complexity index is 850. The van der Waals surface area contributed by atoms with E-state index in [0.717, 1.165) is 36.2 Å². The van der Waals surface area contributed by atoms with Crippen molar-refractivity contribution in [3.8, 4) is 0 Å². The third-order valence-electron chi connectivity index (χ3n) is 5.81. The van der Waals surface area contributed by atoms with Gasteiger partial charge in [0.1, 0.15) is 5.82 Å². The fourth-order valence-electron chi connectivity index (χ4n) is 4.13. The van der Waals surface area contributed by atoms with Crippen molar-refractivity contribution in [3.63, 3.8) is 0 Å². The molecule has 2 aliphatic heterocycles. The molecule has 0 spiro atoms. The van der Waals surface area contributed by atoms with Crippen LogP contribution in [0.1, 0.15) is 49.8 Å². The van der Waals surface area contributed by atoms with E-state index >= 15 is 0 Å². The van der Waals surface area contributed by atoms with E-state index in [4.69, 9.17) is 5.10 Å². The second-order valence-corrected chi connectivity index (χ2v) is 7.74. The average Bonchev–Trinajstić information content (AvgIpc) is 3.16. The van der Waals surface area contributed by atoms with Gasteiger partial charge in [-0.1, -0.05) is 48.9 Å². The van der Waals surface area contributed by atoms with Crippen molar-refractivity contribution in [1.29, 1.82) is 0 Å². The minimum Gasteiger partial charge on any atom is -0.292 e. The molecule has 0 aromatic heterocycles. The van der Waals surface area contributed by atoms with Crippen molar-refractivity contribution in [2.45, 2.75) is 44.7 Å². The molecule has 0 saturated carbocycles. The summed E-state index contributed by atoms with van der Waals surface area (Å²) in [7, 11) is 0. The quantitative estimate of drug-likeness (QED) is 0.790. The second kappa shape index (κ2) is 8.23. The molecule has 2 aromatic rings. The lowest BCUT2D eigenvalue weighted by Gasteiger charge is -2.34. The predicted molar refractivity (Wildman–Crippen MR) is 108 cm³/mol. The molecule has 1 amide bonds. The van der Waals surface area contributed by atoms with Crippen molar-refractivity contribution in [1.82, 2.24) is 9.91 Å². The van der Waals surface area contributed by atoms with Crippen LogP contribution in [-0.4, -0.2) is 40.7 Å². The second-order valence-electron chi connectivity index (χ2n) is 7.74. The van der Waals surface area contributed by atoms with Crippen LogP contribution in [0.4, 0.5) is 4.39 Å². The Morgan fingerprint density at radius 3 is 2.57 bits per heavy atom. The molecule has 28 heavy (non-hydrogen) atoms. The fourth-order valence-corrected chi connectivity index (χ4v) is 4.13. The molecule has 0 aliphatic carbocycles. The molecule has 0 radical (unpaired) electrons. The first-order valence-corrected chi connectivity index (χ1v) is 10.1. The zero-order valence-electron chi connectivity index (χ0n) is 16.2. The van der Waals surface area contributed by atoms with Gasteiger partial charge in [0.05, 0.1) is 18.3 Å². The minimum atomic E-state index is -0.272. The van der Waals surface area contributed by atoms with Crippen LogP contribution < -0.4 is 0 Å². The Kier molecular flexibility index (Phi) is 5.53. The van der Waals surface area contributed by atoms with Gasteiger partial charge in [-0.15, -0.1) is 0 Å². The van der Waals surface area contributed by atoms with Crippen molar-refractivity contribution >= 4 is 11.6 Å². The molecule has 2 unspecified atom stereocenters. The van der Waals surface area contributed by atoms with Gasteiger partial charge >= 0.3 is 0 Å². The van der Waals surface area contributed by atoms with E-state index in [9.17, 15) is 9.18 Å². The lowest BCUT2D eigenvalue weighted by molar-refractivity contribution is -0.135. The maximum absolute atomic E-state index is 13.4. The third kappa shape index (κ3) is 3.99. The van der Waals surface area contributed by atoms with Gasteiger partial charge in [-0.3, -0.25) is 9.69 Å². The molecule has 0 bridgehead atoms. The number of likely N-dealkylation sites (tertiary alicyclic amines) is 1. The van der Waals surface area contributed by atoms with E-state index in [1.807, 2.05) is 30.3 Å². The molecule has 1 saturated heterocycles. The van der Waals surface area contributed by atoms with Gasteiger partial charge in [-0.25, -0.2) is 9.40 Å². The van der Waals surface area contributed by atoms with Gasteiger partial charge in [0.2, 0.25) is 0 Å². The summed E-state index contributed by atoms with van der Waals surface area (Å²) in [6, 6.07) is 16.6. The van der Waals surface area contributed by atoms with E-state index in [1.165, 1.54) is 18.6 Å². The number of piperidine rings is 1. The molecule has 2 atom stereocenters. The van der Waals surface area contributed by atoms with Gasteiger partial charge < -0.3 is 0 Å². The maximum atomic E-state index is 13.4. The number of hydrogen-bond donors (Lipinski definition) is 0. The zero-order valence-corrected chi connectivity index (χ0v) is 16.2. The van der Waals surface area contributed by atoms with Crippen LogP contribution in [0, 0.1) is 5.82 Å². The van der Waals surface area contributed by atoms with Crippen molar-refractivity contribution < 1.29 is 9.18 Å².